The number of nitrogens with two attached hydrogens (primary N) is 2. The molecule has 6 heteroatoms. The zero-order valence-electron chi connectivity index (χ0n) is 8.36. The molecule has 1 atom stereocenters. The van der Waals surface area contributed by atoms with E-state index in [4.69, 9.17) is 20.9 Å². The molecule has 0 aliphatic heterocycles. The highest BCUT2D eigenvalue weighted by Crippen LogP contribution is 2.13. The Morgan fingerprint density at radius 1 is 1.21 bits per heavy atom. The molecule has 1 unspecified atom stereocenters. The van der Waals surface area contributed by atoms with E-state index >= 15 is 0 Å². The maximum Gasteiger partial charge on any atom is 0.221 e. The van der Waals surface area contributed by atoms with Crippen molar-refractivity contribution in [3.63, 3.8) is 0 Å². The molecule has 0 aromatic rings. The van der Waals surface area contributed by atoms with Gasteiger partial charge < -0.3 is 20.9 Å². The Labute approximate surface area is 82.5 Å². The van der Waals surface area contributed by atoms with Crippen molar-refractivity contribution in [2.75, 3.05) is 14.2 Å². The van der Waals surface area contributed by atoms with Crippen LogP contribution in [0.1, 0.15) is 12.8 Å². The normalized spacial score (nSPS) is 12.8. The van der Waals surface area contributed by atoms with E-state index in [1.807, 2.05) is 0 Å². The van der Waals surface area contributed by atoms with Gasteiger partial charge in [-0.05, 0) is 0 Å². The summed E-state index contributed by atoms with van der Waals surface area (Å²) in [7, 11) is 2.88. The smallest absolute Gasteiger partial charge is 0.221 e. The molecule has 0 bridgehead atoms. The molecule has 0 rings (SSSR count). The number of carbonyl (C=O) groups is 2. The first-order chi connectivity index (χ1) is 6.51. The molecule has 0 saturated heterocycles. The Morgan fingerprint density at radius 3 is 2.00 bits per heavy atom. The number of ether oxygens (including phenoxy) is 2. The van der Waals surface area contributed by atoms with Crippen LogP contribution in [0.3, 0.4) is 0 Å². The van der Waals surface area contributed by atoms with Gasteiger partial charge >= 0.3 is 0 Å². The van der Waals surface area contributed by atoms with Gasteiger partial charge in [0.25, 0.3) is 0 Å². The highest BCUT2D eigenvalue weighted by atomic mass is 16.7. The second kappa shape index (κ2) is 6.33. The van der Waals surface area contributed by atoms with Crippen molar-refractivity contribution in [3.05, 3.63) is 0 Å². The van der Waals surface area contributed by atoms with Crippen molar-refractivity contribution in [1.29, 1.82) is 0 Å². The van der Waals surface area contributed by atoms with Crippen LogP contribution in [-0.4, -0.2) is 32.3 Å². The fraction of sp³-hybridized carbons (Fsp3) is 0.750. The van der Waals surface area contributed by atoms with Crippen LogP contribution in [0.2, 0.25) is 0 Å². The largest absolute Gasteiger partial charge is 0.370 e. The SMILES string of the molecule is COC(CC(CC(N)=O)C(N)=O)OC. The minimum Gasteiger partial charge on any atom is -0.370 e. The second-order valence-corrected chi connectivity index (χ2v) is 2.91. The van der Waals surface area contributed by atoms with Gasteiger partial charge in [-0.25, -0.2) is 0 Å². The highest BCUT2D eigenvalue weighted by molar-refractivity contribution is 5.83. The maximum absolute atomic E-state index is 10.9. The van der Waals surface area contributed by atoms with Crippen molar-refractivity contribution in [2.24, 2.45) is 17.4 Å². The molecule has 14 heavy (non-hydrogen) atoms. The molecule has 0 aromatic heterocycles. The van der Waals surface area contributed by atoms with Gasteiger partial charge in [-0.3, -0.25) is 9.59 Å². The van der Waals surface area contributed by atoms with Gasteiger partial charge in [-0.2, -0.15) is 0 Å². The monoisotopic (exact) mass is 204 g/mol. The molecule has 0 aliphatic rings. The van der Waals surface area contributed by atoms with Gasteiger partial charge in [0.1, 0.15) is 0 Å². The number of methoxy groups -OCH3 is 2. The average molecular weight is 204 g/mol. The quantitative estimate of drug-likeness (QED) is 0.517. The van der Waals surface area contributed by atoms with E-state index in [2.05, 4.69) is 0 Å². The second-order valence-electron chi connectivity index (χ2n) is 2.91. The number of primary amides is 2. The van der Waals surface area contributed by atoms with Crippen LogP contribution < -0.4 is 11.5 Å². The maximum atomic E-state index is 10.9. The Balaban J connectivity index is 4.21. The summed E-state index contributed by atoms with van der Waals surface area (Å²) in [5.74, 6) is -1.79. The molecule has 0 radical (unpaired) electrons. The van der Waals surface area contributed by atoms with E-state index in [-0.39, 0.29) is 12.8 Å². The summed E-state index contributed by atoms with van der Waals surface area (Å²) in [4.78, 5) is 21.5. The standard InChI is InChI=1S/C8H16N2O4/c1-13-7(14-2)4-5(8(10)12)3-6(9)11/h5,7H,3-4H2,1-2H3,(H2,9,11)(H2,10,12). The van der Waals surface area contributed by atoms with E-state index in [1.165, 1.54) is 14.2 Å². The number of amides is 2. The van der Waals surface area contributed by atoms with Gasteiger partial charge in [0.05, 0.1) is 5.92 Å². The van der Waals surface area contributed by atoms with Gasteiger partial charge in [0, 0.05) is 27.1 Å². The van der Waals surface area contributed by atoms with E-state index < -0.39 is 24.0 Å². The Hall–Kier alpha value is -1.14. The minimum absolute atomic E-state index is 0.0848. The molecule has 82 valence electrons. The van der Waals surface area contributed by atoms with Crippen LogP contribution in [0.4, 0.5) is 0 Å². The van der Waals surface area contributed by atoms with Gasteiger partial charge in [0.15, 0.2) is 6.29 Å². The number of hydrogen-bond acceptors (Lipinski definition) is 4. The third kappa shape index (κ3) is 4.78. The van der Waals surface area contributed by atoms with E-state index in [9.17, 15) is 9.59 Å². The first kappa shape index (κ1) is 12.9. The van der Waals surface area contributed by atoms with E-state index in [0.29, 0.717) is 0 Å². The van der Waals surface area contributed by atoms with Crippen molar-refractivity contribution in [2.45, 2.75) is 19.1 Å². The van der Waals surface area contributed by atoms with Crippen LogP contribution >= 0.6 is 0 Å². The van der Waals surface area contributed by atoms with Gasteiger partial charge in [-0.1, -0.05) is 0 Å². The summed E-state index contributed by atoms with van der Waals surface area (Å²) < 4.78 is 9.76. The summed E-state index contributed by atoms with van der Waals surface area (Å²) in [6.45, 7) is 0. The van der Waals surface area contributed by atoms with Crippen LogP contribution in [-0.2, 0) is 19.1 Å². The highest BCUT2D eigenvalue weighted by Gasteiger charge is 2.22. The summed E-state index contributed by atoms with van der Waals surface area (Å²) in [6.07, 6.45) is -0.407. The number of hydrogen-bond donors (Lipinski definition) is 2. The minimum atomic E-state index is -0.641. The zero-order valence-corrected chi connectivity index (χ0v) is 8.36. The Kier molecular flexibility index (Phi) is 5.82. The number of rotatable bonds is 7. The first-order valence-corrected chi connectivity index (χ1v) is 4.14. The predicted molar refractivity (Wildman–Crippen MR) is 48.9 cm³/mol. The van der Waals surface area contributed by atoms with Crippen LogP contribution in [0.25, 0.3) is 0 Å². The lowest BCUT2D eigenvalue weighted by molar-refractivity contribution is -0.137. The van der Waals surface area contributed by atoms with Gasteiger partial charge in [-0.15, -0.1) is 0 Å². The van der Waals surface area contributed by atoms with E-state index in [1.54, 1.807) is 0 Å². The van der Waals surface area contributed by atoms with Crippen molar-refractivity contribution in [3.8, 4) is 0 Å². The molecule has 4 N–H and O–H groups in total. The molecule has 0 heterocycles. The third-order valence-electron chi connectivity index (χ3n) is 1.85. The molecule has 0 fully saturated rings. The Bertz CT molecular complexity index is 204. The van der Waals surface area contributed by atoms with Crippen molar-refractivity contribution >= 4 is 11.8 Å². The lowest BCUT2D eigenvalue weighted by Gasteiger charge is -2.17. The fourth-order valence-electron chi connectivity index (χ4n) is 1.06. The molecule has 6 nitrogen and oxygen atoms in total. The van der Waals surface area contributed by atoms with E-state index in [0.717, 1.165) is 0 Å². The van der Waals surface area contributed by atoms with Crippen LogP contribution in [0, 0.1) is 5.92 Å². The summed E-state index contributed by atoms with van der Waals surface area (Å²) in [6, 6.07) is 0. The molecule has 0 aromatic carbocycles. The molecule has 0 aliphatic carbocycles. The third-order valence-corrected chi connectivity index (χ3v) is 1.85. The lowest BCUT2D eigenvalue weighted by Crippen LogP contribution is -2.32. The summed E-state index contributed by atoms with van der Waals surface area (Å²) in [5.41, 5.74) is 10.0. The van der Waals surface area contributed by atoms with Crippen molar-refractivity contribution < 1.29 is 19.1 Å². The molecular weight excluding hydrogens is 188 g/mol. The molecule has 0 saturated carbocycles. The number of carbonyl (C=O) groups excluding carboxylic acids is 2. The summed E-state index contributed by atoms with van der Waals surface area (Å²) >= 11 is 0. The predicted octanol–water partition coefficient (Wildman–Crippen LogP) is -1.03. The first-order valence-electron chi connectivity index (χ1n) is 4.14. The molecule has 0 spiro atoms. The lowest BCUT2D eigenvalue weighted by atomic mass is 10.00. The molecular formula is C8H16N2O4. The zero-order chi connectivity index (χ0) is 11.1. The van der Waals surface area contributed by atoms with Gasteiger partial charge in [0.2, 0.25) is 11.8 Å². The van der Waals surface area contributed by atoms with Crippen LogP contribution in [0.5, 0.6) is 0 Å². The molecule has 2 amide bonds. The fourth-order valence-corrected chi connectivity index (χ4v) is 1.06. The summed E-state index contributed by atoms with van der Waals surface area (Å²) in [5, 5.41) is 0. The Morgan fingerprint density at radius 2 is 1.71 bits per heavy atom. The van der Waals surface area contributed by atoms with Crippen molar-refractivity contribution in [1.82, 2.24) is 0 Å². The average Bonchev–Trinajstić information content (AvgIpc) is 2.11. The van der Waals surface area contributed by atoms with Crippen LogP contribution in [0.15, 0.2) is 0 Å². The topological polar surface area (TPSA) is 105 Å².